The SMILES string of the molecule is CCCCCNC(=O)c1cc(Br)cc(S(=O)(=O)Cl)c1C. The molecule has 0 aliphatic rings. The van der Waals surface area contributed by atoms with Crippen molar-refractivity contribution in [2.75, 3.05) is 6.54 Å². The molecule has 0 saturated heterocycles. The second-order valence-corrected chi connectivity index (χ2v) is 7.93. The molecule has 112 valence electrons. The number of carbonyl (C=O) groups is 1. The number of halogens is 2. The van der Waals surface area contributed by atoms with Crippen LogP contribution in [0, 0.1) is 6.92 Å². The molecule has 0 unspecified atom stereocenters. The van der Waals surface area contributed by atoms with Gasteiger partial charge in [-0.25, -0.2) is 8.42 Å². The number of unbranched alkanes of at least 4 members (excludes halogenated alkanes) is 2. The molecule has 0 aliphatic heterocycles. The third kappa shape index (κ3) is 4.75. The van der Waals surface area contributed by atoms with Crippen LogP contribution in [0.25, 0.3) is 0 Å². The molecule has 1 aromatic carbocycles. The Bertz CT molecular complexity index is 602. The smallest absolute Gasteiger partial charge is 0.261 e. The van der Waals surface area contributed by atoms with Crippen molar-refractivity contribution in [2.45, 2.75) is 38.0 Å². The van der Waals surface area contributed by atoms with E-state index in [1.165, 1.54) is 6.07 Å². The van der Waals surface area contributed by atoms with Gasteiger partial charge in [-0.1, -0.05) is 35.7 Å². The average molecular weight is 383 g/mol. The van der Waals surface area contributed by atoms with Crippen molar-refractivity contribution in [3.05, 3.63) is 27.7 Å². The summed E-state index contributed by atoms with van der Waals surface area (Å²) in [4.78, 5) is 12.0. The minimum absolute atomic E-state index is 0.0488. The Hall–Kier alpha value is -0.590. The molecule has 0 aliphatic carbocycles. The molecule has 4 nitrogen and oxygen atoms in total. The number of nitrogens with one attached hydrogen (secondary N) is 1. The number of rotatable bonds is 6. The van der Waals surface area contributed by atoms with Crippen molar-refractivity contribution < 1.29 is 13.2 Å². The van der Waals surface area contributed by atoms with Crippen LogP contribution in [0.5, 0.6) is 0 Å². The van der Waals surface area contributed by atoms with Crippen molar-refractivity contribution in [2.24, 2.45) is 0 Å². The molecule has 0 spiro atoms. The summed E-state index contributed by atoms with van der Waals surface area (Å²) < 4.78 is 23.5. The monoisotopic (exact) mass is 381 g/mol. The van der Waals surface area contributed by atoms with Crippen LogP contribution in [-0.4, -0.2) is 20.9 Å². The van der Waals surface area contributed by atoms with Gasteiger partial charge >= 0.3 is 0 Å². The van der Waals surface area contributed by atoms with E-state index in [1.54, 1.807) is 13.0 Å². The van der Waals surface area contributed by atoms with E-state index in [4.69, 9.17) is 10.7 Å². The maximum atomic E-state index is 12.1. The molecule has 1 aromatic rings. The van der Waals surface area contributed by atoms with Crippen molar-refractivity contribution in [3.63, 3.8) is 0 Å². The summed E-state index contributed by atoms with van der Waals surface area (Å²) in [5.74, 6) is -0.290. The first-order valence-corrected chi connectivity index (χ1v) is 9.40. The first-order chi connectivity index (χ1) is 9.27. The fourth-order valence-electron chi connectivity index (χ4n) is 1.82. The maximum Gasteiger partial charge on any atom is 0.261 e. The van der Waals surface area contributed by atoms with Crippen LogP contribution in [0.1, 0.15) is 42.1 Å². The number of carbonyl (C=O) groups excluding carboxylic acids is 1. The predicted octanol–water partition coefficient (Wildman–Crippen LogP) is 3.61. The Balaban J connectivity index is 3.01. The van der Waals surface area contributed by atoms with E-state index >= 15 is 0 Å². The van der Waals surface area contributed by atoms with Gasteiger partial charge in [0.25, 0.3) is 15.0 Å². The van der Waals surface area contributed by atoms with Crippen LogP contribution < -0.4 is 5.32 Å². The second kappa shape index (κ2) is 7.43. The zero-order chi connectivity index (χ0) is 15.3. The van der Waals surface area contributed by atoms with Crippen LogP contribution in [0.2, 0.25) is 0 Å². The first kappa shape index (κ1) is 17.5. The largest absolute Gasteiger partial charge is 0.352 e. The number of hydrogen-bond acceptors (Lipinski definition) is 3. The van der Waals surface area contributed by atoms with Crippen molar-refractivity contribution in [3.8, 4) is 0 Å². The number of amides is 1. The lowest BCUT2D eigenvalue weighted by Gasteiger charge is -2.11. The lowest BCUT2D eigenvalue weighted by Crippen LogP contribution is -2.25. The van der Waals surface area contributed by atoms with Gasteiger partial charge in [0.1, 0.15) is 0 Å². The Labute approximate surface area is 132 Å². The summed E-state index contributed by atoms with van der Waals surface area (Å²) in [6.45, 7) is 4.22. The third-order valence-corrected chi connectivity index (χ3v) is 4.80. The van der Waals surface area contributed by atoms with Crippen LogP contribution >= 0.6 is 26.6 Å². The third-order valence-electron chi connectivity index (χ3n) is 2.90. The molecule has 20 heavy (non-hydrogen) atoms. The molecular weight excluding hydrogens is 366 g/mol. The fraction of sp³-hybridized carbons (Fsp3) is 0.462. The van der Waals surface area contributed by atoms with Gasteiger partial charge in [0, 0.05) is 27.3 Å². The normalized spacial score (nSPS) is 11.4. The molecule has 1 amide bonds. The van der Waals surface area contributed by atoms with E-state index in [0.29, 0.717) is 22.1 Å². The molecule has 0 atom stereocenters. The molecule has 1 rings (SSSR count). The molecule has 7 heteroatoms. The van der Waals surface area contributed by atoms with Gasteiger partial charge in [-0.2, -0.15) is 0 Å². The van der Waals surface area contributed by atoms with E-state index in [9.17, 15) is 13.2 Å². The van der Waals surface area contributed by atoms with Gasteiger partial charge in [-0.05, 0) is 31.0 Å². The van der Waals surface area contributed by atoms with E-state index in [-0.39, 0.29) is 10.8 Å². The van der Waals surface area contributed by atoms with Gasteiger partial charge in [0.05, 0.1) is 4.90 Å². The maximum absolute atomic E-state index is 12.1. The van der Waals surface area contributed by atoms with Gasteiger partial charge in [-0.3, -0.25) is 4.79 Å². The van der Waals surface area contributed by atoms with E-state index < -0.39 is 9.05 Å². The standard InChI is InChI=1S/C13H17BrClNO3S/c1-3-4-5-6-16-13(17)11-7-10(14)8-12(9(11)2)20(15,18)19/h7-8H,3-6H2,1-2H3,(H,16,17). The minimum atomic E-state index is -3.88. The van der Waals surface area contributed by atoms with Crippen LogP contribution in [-0.2, 0) is 9.05 Å². The molecule has 1 N–H and O–H groups in total. The van der Waals surface area contributed by atoms with Crippen molar-refractivity contribution in [1.29, 1.82) is 0 Å². The summed E-state index contributed by atoms with van der Waals surface area (Å²) in [6, 6.07) is 2.99. The minimum Gasteiger partial charge on any atom is -0.352 e. The van der Waals surface area contributed by atoms with Crippen LogP contribution in [0.15, 0.2) is 21.5 Å². The quantitative estimate of drug-likeness (QED) is 0.604. The molecule has 0 bridgehead atoms. The van der Waals surface area contributed by atoms with Gasteiger partial charge < -0.3 is 5.32 Å². The Morgan fingerprint density at radius 1 is 1.35 bits per heavy atom. The summed E-state index contributed by atoms with van der Waals surface area (Å²) in [5.41, 5.74) is 0.672. The molecule has 0 radical (unpaired) electrons. The van der Waals surface area contributed by atoms with E-state index in [2.05, 4.69) is 28.2 Å². The van der Waals surface area contributed by atoms with Crippen molar-refractivity contribution >= 4 is 41.6 Å². The zero-order valence-corrected chi connectivity index (χ0v) is 14.5. The van der Waals surface area contributed by atoms with Gasteiger partial charge in [0.15, 0.2) is 0 Å². The molecular formula is C13H17BrClNO3S. The Morgan fingerprint density at radius 2 is 2.00 bits per heavy atom. The number of hydrogen-bond donors (Lipinski definition) is 1. The highest BCUT2D eigenvalue weighted by atomic mass is 79.9. The highest BCUT2D eigenvalue weighted by molar-refractivity contribution is 9.10. The van der Waals surface area contributed by atoms with Crippen LogP contribution in [0.3, 0.4) is 0 Å². The topological polar surface area (TPSA) is 63.2 Å². The van der Waals surface area contributed by atoms with Gasteiger partial charge in [0.2, 0.25) is 0 Å². The van der Waals surface area contributed by atoms with Crippen molar-refractivity contribution in [1.82, 2.24) is 5.32 Å². The molecule has 0 heterocycles. The van der Waals surface area contributed by atoms with Crippen LogP contribution in [0.4, 0.5) is 0 Å². The number of benzene rings is 1. The Morgan fingerprint density at radius 3 is 2.55 bits per heavy atom. The predicted molar refractivity (Wildman–Crippen MR) is 83.8 cm³/mol. The molecule has 0 fully saturated rings. The van der Waals surface area contributed by atoms with E-state index in [0.717, 1.165) is 19.3 Å². The summed E-state index contributed by atoms with van der Waals surface area (Å²) in [6.07, 6.45) is 3.01. The highest BCUT2D eigenvalue weighted by Gasteiger charge is 2.20. The second-order valence-electron chi connectivity index (χ2n) is 4.48. The molecule has 0 aromatic heterocycles. The average Bonchev–Trinajstić information content (AvgIpc) is 2.35. The zero-order valence-electron chi connectivity index (χ0n) is 11.4. The molecule has 0 saturated carbocycles. The summed E-state index contributed by atoms with van der Waals surface area (Å²) >= 11 is 3.20. The Kier molecular flexibility index (Phi) is 6.48. The lowest BCUT2D eigenvalue weighted by molar-refractivity contribution is 0.0952. The highest BCUT2D eigenvalue weighted by Crippen LogP contribution is 2.27. The van der Waals surface area contributed by atoms with E-state index in [1.807, 2.05) is 0 Å². The summed E-state index contributed by atoms with van der Waals surface area (Å²) in [5, 5.41) is 2.78. The lowest BCUT2D eigenvalue weighted by atomic mass is 10.1. The first-order valence-electron chi connectivity index (χ1n) is 6.30. The van der Waals surface area contributed by atoms with Gasteiger partial charge in [-0.15, -0.1) is 0 Å². The summed E-state index contributed by atoms with van der Waals surface area (Å²) in [7, 11) is 1.50. The fourth-order valence-corrected chi connectivity index (χ4v) is 3.65.